The number of aryl methyl sites for hydroxylation is 1. The zero-order chi connectivity index (χ0) is 26.8. The van der Waals surface area contributed by atoms with E-state index >= 15 is 0 Å². The molecular weight excluding hydrogens is 502 g/mol. The third-order valence-corrected chi connectivity index (χ3v) is 8.41. The van der Waals surface area contributed by atoms with Gasteiger partial charge in [-0.1, -0.05) is 49.7 Å². The van der Waals surface area contributed by atoms with Gasteiger partial charge in [0.1, 0.15) is 0 Å². The van der Waals surface area contributed by atoms with Crippen LogP contribution in [0, 0.1) is 12.8 Å². The van der Waals surface area contributed by atoms with Crippen molar-refractivity contribution in [2.24, 2.45) is 5.92 Å². The summed E-state index contributed by atoms with van der Waals surface area (Å²) in [4.78, 5) is 15.5. The number of nitrogens with zero attached hydrogens (tertiary/aromatic N) is 1. The van der Waals surface area contributed by atoms with E-state index in [9.17, 15) is 13.2 Å². The Morgan fingerprint density at radius 1 is 1.00 bits per heavy atom. The molecule has 2 N–H and O–H groups in total. The maximum atomic E-state index is 13.0. The lowest BCUT2D eigenvalue weighted by Gasteiger charge is -2.25. The summed E-state index contributed by atoms with van der Waals surface area (Å²) in [6.07, 6.45) is 1.59. The van der Waals surface area contributed by atoms with Crippen LogP contribution in [-0.2, 0) is 10.0 Å². The summed E-state index contributed by atoms with van der Waals surface area (Å²) in [5.74, 6) is 1.40. The highest BCUT2D eigenvalue weighted by atomic mass is 32.2. The van der Waals surface area contributed by atoms with Crippen LogP contribution in [0.5, 0.6) is 0 Å². The molecule has 0 aliphatic rings. The van der Waals surface area contributed by atoms with Crippen molar-refractivity contribution in [3.05, 3.63) is 83.9 Å². The minimum Gasteiger partial charge on any atom is -0.381 e. The highest BCUT2D eigenvalue weighted by Gasteiger charge is 2.18. The van der Waals surface area contributed by atoms with Gasteiger partial charge < -0.3 is 10.2 Å². The van der Waals surface area contributed by atoms with Gasteiger partial charge in [-0.3, -0.25) is 9.52 Å². The fourth-order valence-electron chi connectivity index (χ4n) is 3.99. The fraction of sp³-hybridized carbons (Fsp3) is 0.345. The smallest absolute Gasteiger partial charge is 0.261 e. The lowest BCUT2D eigenvalue weighted by Crippen LogP contribution is -2.31. The summed E-state index contributed by atoms with van der Waals surface area (Å²) in [6.45, 7) is 8.27. The highest BCUT2D eigenvalue weighted by molar-refractivity contribution is 7.99. The Balaban J connectivity index is 1.76. The molecule has 0 fully saturated rings. The van der Waals surface area contributed by atoms with Crippen molar-refractivity contribution >= 4 is 39.4 Å². The molecule has 0 radical (unpaired) electrons. The van der Waals surface area contributed by atoms with Crippen LogP contribution in [0.2, 0.25) is 0 Å². The Hall–Kier alpha value is -2.81. The molecular formula is C29H37N3O3S2. The first-order chi connectivity index (χ1) is 17.7. The van der Waals surface area contributed by atoms with Gasteiger partial charge in [-0.25, -0.2) is 8.42 Å². The number of benzene rings is 3. The maximum absolute atomic E-state index is 13.0. The summed E-state index contributed by atoms with van der Waals surface area (Å²) in [6, 6.07) is 22.1. The molecule has 0 saturated heterocycles. The molecule has 198 valence electrons. The Labute approximate surface area is 225 Å². The summed E-state index contributed by atoms with van der Waals surface area (Å²) in [7, 11) is -1.71. The van der Waals surface area contributed by atoms with E-state index in [-0.39, 0.29) is 10.9 Å². The quantitative estimate of drug-likeness (QED) is 0.189. The molecule has 0 spiro atoms. The van der Waals surface area contributed by atoms with Crippen molar-refractivity contribution in [3.8, 4) is 0 Å². The Bertz CT molecular complexity index is 1250. The monoisotopic (exact) mass is 539 g/mol. The number of hydrogen-bond donors (Lipinski definition) is 2. The van der Waals surface area contributed by atoms with E-state index in [4.69, 9.17) is 0 Å². The summed E-state index contributed by atoms with van der Waals surface area (Å²) in [5.41, 5.74) is 2.47. The fourth-order valence-corrected chi connectivity index (χ4v) is 6.08. The van der Waals surface area contributed by atoms with Crippen LogP contribution in [0.3, 0.4) is 0 Å². The molecule has 37 heavy (non-hydrogen) atoms. The number of aldehydes is 1. The number of carbonyl (C=O) groups excluding carboxylic acids is 1. The van der Waals surface area contributed by atoms with E-state index in [1.807, 2.05) is 37.3 Å². The van der Waals surface area contributed by atoms with Gasteiger partial charge in [-0.05, 0) is 75.3 Å². The first-order valence-electron chi connectivity index (χ1n) is 12.5. The predicted octanol–water partition coefficient (Wildman–Crippen LogP) is 6.16. The van der Waals surface area contributed by atoms with Crippen LogP contribution in [0.15, 0.2) is 82.6 Å². The first-order valence-corrected chi connectivity index (χ1v) is 14.9. The third kappa shape index (κ3) is 9.22. The number of sulfonamides is 1. The van der Waals surface area contributed by atoms with E-state index in [0.717, 1.165) is 30.8 Å². The average molecular weight is 540 g/mol. The van der Waals surface area contributed by atoms with Crippen molar-refractivity contribution in [1.29, 1.82) is 0 Å². The standard InChI is InChI=1S/C29H37N3O3S2/c1-22(2)19-32(4)17-16-26(21-36-27-8-6-5-7-9-27)30-29-15-14-28(18-24(29)20-33)37(34,35)31-25-12-10-23(3)11-13-25/h5-15,18,20,22,26,30-31H,16-17,19,21H2,1-4H3/t26-/m1/s1. The molecule has 0 amide bonds. The van der Waals surface area contributed by atoms with E-state index in [2.05, 4.69) is 48.0 Å². The van der Waals surface area contributed by atoms with Crippen LogP contribution in [0.1, 0.15) is 36.2 Å². The Morgan fingerprint density at radius 2 is 1.70 bits per heavy atom. The van der Waals surface area contributed by atoms with Crippen LogP contribution >= 0.6 is 11.8 Å². The van der Waals surface area contributed by atoms with Gasteiger partial charge in [0, 0.05) is 40.2 Å². The van der Waals surface area contributed by atoms with Gasteiger partial charge in [-0.2, -0.15) is 0 Å². The second kappa shape index (κ2) is 13.7. The number of hydrogen-bond acceptors (Lipinski definition) is 6. The molecule has 0 aliphatic carbocycles. The average Bonchev–Trinajstić information content (AvgIpc) is 2.87. The van der Waals surface area contributed by atoms with Crippen LogP contribution in [-0.4, -0.2) is 51.5 Å². The lowest BCUT2D eigenvalue weighted by molar-refractivity contribution is 0.112. The van der Waals surface area contributed by atoms with Crippen molar-refractivity contribution in [3.63, 3.8) is 0 Å². The van der Waals surface area contributed by atoms with Gasteiger partial charge in [0.15, 0.2) is 6.29 Å². The zero-order valence-electron chi connectivity index (χ0n) is 22.0. The number of rotatable bonds is 14. The summed E-state index contributed by atoms with van der Waals surface area (Å²) >= 11 is 1.76. The molecule has 8 heteroatoms. The zero-order valence-corrected chi connectivity index (χ0v) is 23.6. The van der Waals surface area contributed by atoms with Gasteiger partial charge in [0.2, 0.25) is 0 Å². The third-order valence-electron chi connectivity index (χ3n) is 5.85. The molecule has 0 aromatic heterocycles. The van der Waals surface area contributed by atoms with Crippen molar-refractivity contribution in [2.45, 2.75) is 43.0 Å². The second-order valence-electron chi connectivity index (χ2n) is 9.75. The summed E-state index contributed by atoms with van der Waals surface area (Å²) < 4.78 is 28.5. The van der Waals surface area contributed by atoms with Crippen molar-refractivity contribution in [1.82, 2.24) is 4.90 Å². The second-order valence-corrected chi connectivity index (χ2v) is 12.5. The molecule has 0 unspecified atom stereocenters. The van der Waals surface area contributed by atoms with Gasteiger partial charge in [-0.15, -0.1) is 11.8 Å². The van der Waals surface area contributed by atoms with Crippen molar-refractivity contribution < 1.29 is 13.2 Å². The molecule has 0 saturated carbocycles. The largest absolute Gasteiger partial charge is 0.381 e. The van der Waals surface area contributed by atoms with Crippen LogP contribution in [0.25, 0.3) is 0 Å². The number of carbonyl (C=O) groups is 1. The predicted molar refractivity (Wildman–Crippen MR) is 155 cm³/mol. The van der Waals surface area contributed by atoms with Crippen molar-refractivity contribution in [2.75, 3.05) is 35.9 Å². The van der Waals surface area contributed by atoms with Crippen LogP contribution < -0.4 is 10.0 Å². The molecule has 1 atom stereocenters. The molecule has 3 aromatic carbocycles. The number of nitrogens with one attached hydrogen (secondary N) is 2. The molecule has 3 rings (SSSR count). The van der Waals surface area contributed by atoms with E-state index < -0.39 is 10.0 Å². The minimum absolute atomic E-state index is 0.0487. The van der Waals surface area contributed by atoms with Gasteiger partial charge in [0.25, 0.3) is 10.0 Å². The summed E-state index contributed by atoms with van der Waals surface area (Å²) in [5, 5.41) is 3.52. The number of anilines is 2. The normalized spacial score (nSPS) is 12.5. The highest BCUT2D eigenvalue weighted by Crippen LogP contribution is 2.25. The molecule has 3 aromatic rings. The lowest BCUT2D eigenvalue weighted by atomic mass is 10.1. The molecule has 0 heterocycles. The van der Waals surface area contributed by atoms with Gasteiger partial charge >= 0.3 is 0 Å². The first kappa shape index (κ1) is 28.8. The molecule has 0 aliphatic heterocycles. The Kier molecular flexibility index (Phi) is 10.6. The topological polar surface area (TPSA) is 78.5 Å². The van der Waals surface area contributed by atoms with E-state index in [0.29, 0.717) is 29.1 Å². The number of thioether (sulfide) groups is 1. The maximum Gasteiger partial charge on any atom is 0.261 e. The van der Waals surface area contributed by atoms with Gasteiger partial charge in [0.05, 0.1) is 4.90 Å². The Morgan fingerprint density at radius 3 is 2.35 bits per heavy atom. The van der Waals surface area contributed by atoms with Crippen LogP contribution in [0.4, 0.5) is 11.4 Å². The molecule has 0 bridgehead atoms. The SMILES string of the molecule is Cc1ccc(NS(=O)(=O)c2ccc(N[C@H](CCN(C)CC(C)C)CSc3ccccc3)c(C=O)c2)cc1. The van der Waals surface area contributed by atoms with E-state index in [1.54, 1.807) is 30.0 Å². The molecule has 6 nitrogen and oxygen atoms in total. The minimum atomic E-state index is -3.83. The van der Waals surface area contributed by atoms with E-state index in [1.165, 1.54) is 17.0 Å².